The fourth-order valence-electron chi connectivity index (χ4n) is 1.87. The zero-order valence-corrected chi connectivity index (χ0v) is 11.2. The molecule has 0 spiro atoms. The lowest BCUT2D eigenvalue weighted by atomic mass is 9.90. The summed E-state index contributed by atoms with van der Waals surface area (Å²) in [6.45, 7) is 0. The summed E-state index contributed by atoms with van der Waals surface area (Å²) in [4.78, 5) is 21.2. The number of hydrogen-bond donors (Lipinski definition) is 2. The Bertz CT molecular complexity index is 267. The number of aldehydes is 1. The van der Waals surface area contributed by atoms with E-state index in [1.54, 1.807) is 0 Å². The van der Waals surface area contributed by atoms with E-state index in [-0.39, 0.29) is 12.0 Å². The van der Waals surface area contributed by atoms with E-state index in [0.29, 0.717) is 6.42 Å². The molecule has 0 saturated heterocycles. The van der Waals surface area contributed by atoms with Gasteiger partial charge in [0.2, 0.25) is 0 Å². The molecule has 0 saturated carbocycles. The molecule has 0 aromatic carbocycles. The van der Waals surface area contributed by atoms with Gasteiger partial charge in [-0.05, 0) is 39.4 Å². The minimum atomic E-state index is -0.777. The van der Waals surface area contributed by atoms with Crippen LogP contribution in [0.3, 0.4) is 0 Å². The monoisotopic (exact) mass is 256 g/mol. The summed E-state index contributed by atoms with van der Waals surface area (Å²) in [7, 11) is 3.75. The van der Waals surface area contributed by atoms with Crippen LogP contribution in [-0.2, 0) is 9.53 Å². The van der Waals surface area contributed by atoms with Crippen molar-refractivity contribution in [2.45, 2.75) is 38.2 Å². The van der Waals surface area contributed by atoms with Crippen LogP contribution in [0.25, 0.3) is 0 Å². The van der Waals surface area contributed by atoms with Crippen LogP contribution in [-0.4, -0.2) is 32.6 Å². The topological polar surface area (TPSA) is 81.4 Å². The summed E-state index contributed by atoms with van der Waals surface area (Å²) < 4.78 is 4.99. The second-order valence-electron chi connectivity index (χ2n) is 4.28. The predicted molar refractivity (Wildman–Crippen MR) is 71.2 cm³/mol. The Labute approximate surface area is 109 Å². The van der Waals surface area contributed by atoms with Crippen molar-refractivity contribution in [3.8, 4) is 0 Å². The molecule has 0 radical (unpaired) electrons. The van der Waals surface area contributed by atoms with Gasteiger partial charge in [-0.25, -0.2) is 4.79 Å². The third-order valence-corrected chi connectivity index (χ3v) is 2.64. The van der Waals surface area contributed by atoms with Crippen molar-refractivity contribution in [3.05, 3.63) is 12.2 Å². The van der Waals surface area contributed by atoms with E-state index in [1.807, 2.05) is 26.2 Å². The molecule has 1 aliphatic rings. The standard InChI is InChI=1S/C11H17NO3.C2H7N/c12-11(14)15-10-6-4-2-1-3-5-9(10)7-8-13;1-3-2/h4,6,8-10H,1-3,5,7H2,(H2,12,14);3H,1-2H3/b6-4+;. The number of nitrogens with two attached hydrogens (primary N) is 1. The van der Waals surface area contributed by atoms with Crippen LogP contribution in [0, 0.1) is 5.92 Å². The molecule has 0 aliphatic heterocycles. The largest absolute Gasteiger partial charge is 0.442 e. The Morgan fingerprint density at radius 3 is 2.72 bits per heavy atom. The normalized spacial score (nSPS) is 24.8. The van der Waals surface area contributed by atoms with Gasteiger partial charge in [0.05, 0.1) is 0 Å². The second kappa shape index (κ2) is 10.8. The van der Waals surface area contributed by atoms with Crippen molar-refractivity contribution in [1.29, 1.82) is 0 Å². The lowest BCUT2D eigenvalue weighted by Crippen LogP contribution is -2.29. The molecule has 2 unspecified atom stereocenters. The number of ether oxygens (including phenoxy) is 1. The molecule has 1 aliphatic carbocycles. The zero-order chi connectivity index (χ0) is 13.8. The SMILES string of the molecule is CNC.NC(=O)OC1/C=C/CCCCC1CC=O. The van der Waals surface area contributed by atoms with Crippen LogP contribution in [0.2, 0.25) is 0 Å². The first-order valence-electron chi connectivity index (χ1n) is 6.30. The highest BCUT2D eigenvalue weighted by Gasteiger charge is 2.22. The molecule has 18 heavy (non-hydrogen) atoms. The van der Waals surface area contributed by atoms with Gasteiger partial charge in [-0.1, -0.05) is 12.5 Å². The first-order chi connectivity index (χ1) is 8.65. The Morgan fingerprint density at radius 2 is 2.17 bits per heavy atom. The lowest BCUT2D eigenvalue weighted by Gasteiger charge is -2.23. The van der Waals surface area contributed by atoms with Crippen molar-refractivity contribution >= 4 is 12.4 Å². The number of nitrogens with one attached hydrogen (secondary N) is 1. The number of hydrogen-bond acceptors (Lipinski definition) is 4. The molecule has 1 rings (SSSR count). The summed E-state index contributed by atoms with van der Waals surface area (Å²) in [5.74, 6) is 0.0755. The van der Waals surface area contributed by atoms with E-state index in [1.165, 1.54) is 0 Å². The van der Waals surface area contributed by atoms with Gasteiger partial charge in [0.1, 0.15) is 12.4 Å². The smallest absolute Gasteiger partial charge is 0.405 e. The van der Waals surface area contributed by atoms with Gasteiger partial charge >= 0.3 is 6.09 Å². The average molecular weight is 256 g/mol. The van der Waals surface area contributed by atoms with E-state index in [2.05, 4.69) is 5.32 Å². The molecular formula is C13H24N2O3. The first-order valence-corrected chi connectivity index (χ1v) is 6.30. The van der Waals surface area contributed by atoms with Crippen LogP contribution in [0.1, 0.15) is 32.1 Å². The van der Waals surface area contributed by atoms with E-state index in [0.717, 1.165) is 32.0 Å². The van der Waals surface area contributed by atoms with Crippen LogP contribution in [0.5, 0.6) is 0 Å². The summed E-state index contributed by atoms with van der Waals surface area (Å²) in [5, 5.41) is 2.75. The Hall–Kier alpha value is -1.36. The van der Waals surface area contributed by atoms with Crippen LogP contribution in [0.4, 0.5) is 4.79 Å². The number of allylic oxidation sites excluding steroid dienone is 1. The van der Waals surface area contributed by atoms with Crippen LogP contribution >= 0.6 is 0 Å². The van der Waals surface area contributed by atoms with E-state index >= 15 is 0 Å². The van der Waals surface area contributed by atoms with Gasteiger partial charge in [0.25, 0.3) is 0 Å². The molecular weight excluding hydrogens is 232 g/mol. The second-order valence-corrected chi connectivity index (χ2v) is 4.28. The molecule has 2 atom stereocenters. The summed E-state index contributed by atoms with van der Waals surface area (Å²) in [5.41, 5.74) is 4.99. The van der Waals surface area contributed by atoms with Gasteiger partial charge < -0.3 is 20.6 Å². The van der Waals surface area contributed by atoms with E-state index in [4.69, 9.17) is 10.5 Å². The fourth-order valence-corrected chi connectivity index (χ4v) is 1.87. The summed E-state index contributed by atoms with van der Waals surface area (Å²) >= 11 is 0. The fraction of sp³-hybridized carbons (Fsp3) is 0.692. The summed E-state index contributed by atoms with van der Waals surface area (Å²) in [6.07, 6.45) is 8.08. The molecule has 0 fully saturated rings. The molecule has 0 aromatic heterocycles. The van der Waals surface area contributed by atoms with Gasteiger partial charge in [-0.2, -0.15) is 0 Å². The molecule has 0 heterocycles. The van der Waals surface area contributed by atoms with Gasteiger partial charge in [-0.3, -0.25) is 0 Å². The first kappa shape index (κ1) is 16.6. The predicted octanol–water partition coefficient (Wildman–Crippen LogP) is 1.62. The third-order valence-electron chi connectivity index (χ3n) is 2.64. The number of carbonyl (C=O) groups is 2. The minimum absolute atomic E-state index is 0.0755. The van der Waals surface area contributed by atoms with Crippen molar-refractivity contribution in [3.63, 3.8) is 0 Å². The average Bonchev–Trinajstić information content (AvgIpc) is 2.28. The minimum Gasteiger partial charge on any atom is -0.442 e. The van der Waals surface area contributed by atoms with Crippen molar-refractivity contribution in [2.75, 3.05) is 14.1 Å². The quantitative estimate of drug-likeness (QED) is 0.594. The molecule has 3 N–H and O–H groups in total. The van der Waals surface area contributed by atoms with Gasteiger partial charge in [-0.15, -0.1) is 0 Å². The Kier molecular flexibility index (Phi) is 9.96. The van der Waals surface area contributed by atoms with E-state index < -0.39 is 6.09 Å². The molecule has 5 heteroatoms. The number of amides is 1. The van der Waals surface area contributed by atoms with Crippen molar-refractivity contribution in [1.82, 2.24) is 5.32 Å². The highest BCUT2D eigenvalue weighted by atomic mass is 16.6. The third kappa shape index (κ3) is 7.84. The zero-order valence-electron chi connectivity index (χ0n) is 11.2. The van der Waals surface area contributed by atoms with Gasteiger partial charge in [0, 0.05) is 12.3 Å². The van der Waals surface area contributed by atoms with Crippen molar-refractivity contribution in [2.24, 2.45) is 11.7 Å². The Balaban J connectivity index is 0.000000873. The highest BCUT2D eigenvalue weighted by Crippen LogP contribution is 2.23. The molecule has 1 amide bonds. The maximum atomic E-state index is 10.7. The number of primary amides is 1. The maximum absolute atomic E-state index is 10.7. The van der Waals surface area contributed by atoms with E-state index in [9.17, 15) is 9.59 Å². The number of carbonyl (C=O) groups excluding carboxylic acids is 2. The molecule has 0 bridgehead atoms. The molecule has 5 nitrogen and oxygen atoms in total. The van der Waals surface area contributed by atoms with Crippen molar-refractivity contribution < 1.29 is 14.3 Å². The van der Waals surface area contributed by atoms with Gasteiger partial charge in [0.15, 0.2) is 0 Å². The molecule has 0 aromatic rings. The Morgan fingerprint density at radius 1 is 1.50 bits per heavy atom. The highest BCUT2D eigenvalue weighted by molar-refractivity contribution is 5.65. The number of rotatable bonds is 3. The molecule has 104 valence electrons. The lowest BCUT2D eigenvalue weighted by molar-refractivity contribution is -0.109. The summed E-state index contributed by atoms with van der Waals surface area (Å²) in [6, 6.07) is 0. The maximum Gasteiger partial charge on any atom is 0.405 e. The van der Waals surface area contributed by atoms with Crippen LogP contribution < -0.4 is 11.1 Å². The van der Waals surface area contributed by atoms with Crippen LogP contribution in [0.15, 0.2) is 12.2 Å².